The minimum absolute atomic E-state index is 0.0489. The van der Waals surface area contributed by atoms with Crippen molar-refractivity contribution in [1.29, 1.82) is 0 Å². The van der Waals surface area contributed by atoms with Crippen molar-refractivity contribution < 1.29 is 28.7 Å². The number of phenols is 1. The molecule has 16 heteroatoms. The number of nitrogens with zero attached hydrogens (tertiary/aromatic N) is 8. The molecule has 4 saturated heterocycles. The Morgan fingerprint density at radius 1 is 0.966 bits per heavy atom. The number of phenolic OH excluding ortho intramolecular Hbond substituents is 1. The summed E-state index contributed by atoms with van der Waals surface area (Å²) >= 11 is 0. The van der Waals surface area contributed by atoms with Gasteiger partial charge in [-0.1, -0.05) is 12.1 Å². The third kappa shape index (κ3) is 6.74. The zero-order chi connectivity index (χ0) is 40.5. The molecular formula is C42H51FN10O5. The minimum Gasteiger partial charge on any atom is -0.504 e. The van der Waals surface area contributed by atoms with Crippen LogP contribution in [-0.4, -0.2) is 141 Å². The Balaban J connectivity index is 0.783. The van der Waals surface area contributed by atoms with Crippen LogP contribution in [0.1, 0.15) is 62.4 Å². The molecule has 2 unspecified atom stereocenters. The number of nitrogens with one attached hydrogen (secondary N) is 2. The molecular weight excluding hydrogens is 744 g/mol. The number of amides is 5. The Labute approximate surface area is 337 Å². The zero-order valence-corrected chi connectivity index (χ0v) is 33.3. The first-order chi connectivity index (χ1) is 27.9. The van der Waals surface area contributed by atoms with Crippen molar-refractivity contribution in [3.63, 3.8) is 0 Å². The van der Waals surface area contributed by atoms with Crippen molar-refractivity contribution in [2.45, 2.75) is 76.7 Å². The Bertz CT molecular complexity index is 2150. The number of piperazine rings is 2. The highest BCUT2D eigenvalue weighted by molar-refractivity contribution is 6.05. The van der Waals surface area contributed by atoms with Crippen LogP contribution in [0.4, 0.5) is 26.4 Å². The van der Waals surface area contributed by atoms with Gasteiger partial charge in [-0.05, 0) is 81.8 Å². The molecule has 0 bridgehead atoms. The van der Waals surface area contributed by atoms with E-state index in [0.717, 1.165) is 62.5 Å². The van der Waals surface area contributed by atoms with Gasteiger partial charge in [-0.25, -0.2) is 9.18 Å². The standard InChI is InChI=1S/C42H51FN10O5/c1-25-19-48(21-27-11-13-49(14-12-27)29-8-7-28-22-51(40(57)31(28)17-29)34-9-10-36(54)45-39(34)56)20-26(2)53(25)41(58)50-15-16-52-35-18-33(30-5-4-6-32(43)37(30)55)46-47-38(35)44-23-42(52,3)24-50/h4-8,17-18,25-27,34,55H,9-16,19-24H2,1-3H3,(H,44,47)(H,45,54,56)/t25-,26+,34?,42?. The molecule has 6 aliphatic rings. The Morgan fingerprint density at radius 3 is 2.50 bits per heavy atom. The van der Waals surface area contributed by atoms with Crippen LogP contribution < -0.4 is 20.4 Å². The number of imide groups is 1. The number of aromatic hydroxyl groups is 1. The number of anilines is 3. The Hall–Kier alpha value is -5.51. The summed E-state index contributed by atoms with van der Waals surface area (Å²) in [6.07, 6.45) is 2.66. The lowest BCUT2D eigenvalue weighted by atomic mass is 9.92. The molecule has 15 nitrogen and oxygen atoms in total. The minimum atomic E-state index is -0.714. The molecule has 2 aromatic carbocycles. The molecule has 0 radical (unpaired) electrons. The van der Waals surface area contributed by atoms with E-state index in [-0.39, 0.29) is 41.9 Å². The monoisotopic (exact) mass is 794 g/mol. The van der Waals surface area contributed by atoms with Crippen LogP contribution in [0.15, 0.2) is 42.5 Å². The Morgan fingerprint density at radius 2 is 1.74 bits per heavy atom. The van der Waals surface area contributed by atoms with E-state index in [1.54, 1.807) is 11.0 Å². The van der Waals surface area contributed by atoms with E-state index in [2.05, 4.69) is 67.3 Å². The van der Waals surface area contributed by atoms with Crippen LogP contribution in [0.3, 0.4) is 0 Å². The van der Waals surface area contributed by atoms with Crippen molar-refractivity contribution >= 4 is 40.9 Å². The van der Waals surface area contributed by atoms with E-state index in [9.17, 15) is 28.7 Å². The molecule has 0 saturated carbocycles. The molecule has 1 aromatic heterocycles. The smallest absolute Gasteiger partial charge is 0.320 e. The fraction of sp³-hybridized carbons (Fsp3) is 0.524. The molecule has 0 spiro atoms. The lowest BCUT2D eigenvalue weighted by molar-refractivity contribution is -0.136. The number of carbonyl (C=O) groups is 4. The van der Waals surface area contributed by atoms with Gasteiger partial charge >= 0.3 is 6.03 Å². The molecule has 6 aliphatic heterocycles. The quantitative estimate of drug-likeness (QED) is 0.325. The largest absolute Gasteiger partial charge is 0.504 e. The number of benzene rings is 2. The predicted molar refractivity (Wildman–Crippen MR) is 215 cm³/mol. The van der Waals surface area contributed by atoms with Crippen LogP contribution in [-0.2, 0) is 16.1 Å². The van der Waals surface area contributed by atoms with Crippen LogP contribution in [0, 0.1) is 11.7 Å². The summed E-state index contributed by atoms with van der Waals surface area (Å²) in [5, 5.41) is 24.8. The number of urea groups is 1. The second-order valence-corrected chi connectivity index (χ2v) is 17.3. The van der Waals surface area contributed by atoms with E-state index >= 15 is 0 Å². The van der Waals surface area contributed by atoms with E-state index in [0.29, 0.717) is 62.1 Å². The highest BCUT2D eigenvalue weighted by atomic mass is 19.1. The second-order valence-electron chi connectivity index (χ2n) is 17.3. The van der Waals surface area contributed by atoms with E-state index in [4.69, 9.17) is 0 Å². The zero-order valence-electron chi connectivity index (χ0n) is 33.3. The van der Waals surface area contributed by atoms with Crippen molar-refractivity contribution in [3.05, 3.63) is 59.4 Å². The van der Waals surface area contributed by atoms with Gasteiger partial charge in [0.1, 0.15) is 6.04 Å². The number of para-hydroxylation sites is 1. The molecule has 7 heterocycles. The second kappa shape index (κ2) is 14.7. The third-order valence-corrected chi connectivity index (χ3v) is 13.2. The summed E-state index contributed by atoms with van der Waals surface area (Å²) in [5.74, 6) is -0.847. The highest BCUT2D eigenvalue weighted by Gasteiger charge is 2.46. The van der Waals surface area contributed by atoms with Gasteiger partial charge in [-0.15, -0.1) is 10.2 Å². The van der Waals surface area contributed by atoms with Crippen LogP contribution in [0.2, 0.25) is 0 Å². The number of halogens is 1. The van der Waals surface area contributed by atoms with Crippen molar-refractivity contribution in [2.24, 2.45) is 5.92 Å². The number of aromatic nitrogens is 2. The maximum absolute atomic E-state index is 14.3. The van der Waals surface area contributed by atoms with Gasteiger partial charge in [-0.2, -0.15) is 0 Å². The summed E-state index contributed by atoms with van der Waals surface area (Å²) < 4.78 is 14.2. The highest BCUT2D eigenvalue weighted by Crippen LogP contribution is 2.41. The van der Waals surface area contributed by atoms with Crippen LogP contribution >= 0.6 is 0 Å². The van der Waals surface area contributed by atoms with Crippen LogP contribution in [0.5, 0.6) is 5.75 Å². The van der Waals surface area contributed by atoms with Crippen molar-refractivity contribution in [3.8, 4) is 17.0 Å². The van der Waals surface area contributed by atoms with E-state index in [1.165, 1.54) is 12.1 Å². The van der Waals surface area contributed by atoms with Gasteiger partial charge < -0.3 is 34.9 Å². The maximum Gasteiger partial charge on any atom is 0.320 e. The van der Waals surface area contributed by atoms with Crippen molar-refractivity contribution in [1.82, 2.24) is 35.1 Å². The summed E-state index contributed by atoms with van der Waals surface area (Å²) in [4.78, 5) is 64.6. The molecule has 4 atom stereocenters. The van der Waals surface area contributed by atoms with Gasteiger partial charge in [-0.3, -0.25) is 24.6 Å². The summed E-state index contributed by atoms with van der Waals surface area (Å²) in [7, 11) is 0. The van der Waals surface area contributed by atoms with Crippen molar-refractivity contribution in [2.75, 3.05) is 74.0 Å². The number of fused-ring (bicyclic) bond motifs is 4. The topological polar surface area (TPSA) is 158 Å². The number of carbonyl (C=O) groups excluding carboxylic acids is 4. The van der Waals surface area contributed by atoms with Gasteiger partial charge in [0.25, 0.3) is 5.91 Å². The first kappa shape index (κ1) is 38.0. The lowest BCUT2D eigenvalue weighted by Crippen LogP contribution is -2.69. The number of rotatable bonds is 5. The van der Waals surface area contributed by atoms with Gasteiger partial charge in [0.05, 0.1) is 16.9 Å². The number of hydrogen-bond acceptors (Lipinski definition) is 11. The van der Waals surface area contributed by atoms with Gasteiger partial charge in [0.15, 0.2) is 17.4 Å². The van der Waals surface area contributed by atoms with E-state index < -0.39 is 29.1 Å². The maximum atomic E-state index is 14.3. The Kier molecular flexibility index (Phi) is 9.64. The summed E-state index contributed by atoms with van der Waals surface area (Å²) in [6, 6.07) is 11.8. The normalized spacial score (nSPS) is 26.6. The first-order valence-electron chi connectivity index (χ1n) is 20.6. The van der Waals surface area contributed by atoms with Gasteiger partial charge in [0, 0.05) is 101 Å². The molecule has 58 heavy (non-hydrogen) atoms. The third-order valence-electron chi connectivity index (χ3n) is 13.2. The molecule has 5 amide bonds. The summed E-state index contributed by atoms with van der Waals surface area (Å²) in [6.45, 7) is 13.5. The number of hydrogen-bond donors (Lipinski definition) is 3. The van der Waals surface area contributed by atoms with E-state index in [1.807, 2.05) is 23.1 Å². The fourth-order valence-corrected chi connectivity index (χ4v) is 10.2. The fourth-order valence-electron chi connectivity index (χ4n) is 10.2. The molecule has 3 N–H and O–H groups in total. The van der Waals surface area contributed by atoms with Crippen LogP contribution in [0.25, 0.3) is 11.3 Å². The SMILES string of the molecule is C[C@@H]1CN(CC2CCN(c3ccc4c(c3)C(=O)N(C3CCC(=O)NC3=O)C4)CC2)C[C@H](C)N1C(=O)N1CCN2c3cc(-c4cccc(F)c4O)nnc3NCC2(C)C1. The summed E-state index contributed by atoms with van der Waals surface area (Å²) in [5.41, 5.74) is 3.64. The molecule has 0 aliphatic carbocycles. The molecule has 4 fully saturated rings. The molecule has 306 valence electrons. The average Bonchev–Trinajstić information content (AvgIpc) is 3.53. The first-order valence-corrected chi connectivity index (χ1v) is 20.6. The molecule has 3 aromatic rings. The van der Waals surface area contributed by atoms with Gasteiger partial charge in [0.2, 0.25) is 11.8 Å². The lowest BCUT2D eigenvalue weighted by Gasteiger charge is -2.54. The number of piperidine rings is 2. The average molecular weight is 795 g/mol. The molecule has 9 rings (SSSR count). The predicted octanol–water partition coefficient (Wildman–Crippen LogP) is 3.49.